The van der Waals surface area contributed by atoms with Gasteiger partial charge in [0.2, 0.25) is 0 Å². The van der Waals surface area contributed by atoms with Crippen molar-refractivity contribution in [2.45, 2.75) is 34.2 Å². The molecule has 1 heterocycles. The number of rotatable bonds is 0. The normalized spacial score (nSPS) is 14.9. The highest BCUT2D eigenvalue weighted by Crippen LogP contribution is 2.19. The van der Waals surface area contributed by atoms with Gasteiger partial charge in [-0.05, 0) is 42.9 Å². The summed E-state index contributed by atoms with van der Waals surface area (Å²) >= 11 is 0. The first-order chi connectivity index (χ1) is 6.11. The molecule has 0 spiro atoms. The first-order valence-electron chi connectivity index (χ1n) is 4.82. The van der Waals surface area contributed by atoms with Crippen molar-refractivity contribution in [3.8, 4) is 0 Å². The number of aryl methyl sites for hydroxylation is 1. The van der Waals surface area contributed by atoms with Gasteiger partial charge in [-0.1, -0.05) is 18.5 Å². The molecule has 13 heavy (non-hydrogen) atoms. The molecule has 0 unspecified atom stereocenters. The van der Waals surface area contributed by atoms with Crippen molar-refractivity contribution in [1.29, 1.82) is 0 Å². The van der Waals surface area contributed by atoms with E-state index in [4.69, 9.17) is 4.65 Å². The van der Waals surface area contributed by atoms with Gasteiger partial charge in [-0.3, -0.25) is 0 Å². The van der Waals surface area contributed by atoms with Crippen LogP contribution in [-0.4, -0.2) is 6.92 Å². The maximum atomic E-state index is 5.61. The van der Waals surface area contributed by atoms with E-state index in [0.717, 1.165) is 6.61 Å². The van der Waals surface area contributed by atoms with Crippen LogP contribution in [0.15, 0.2) is 6.07 Å². The average Bonchev–Trinajstić information content (AvgIpc) is 2.43. The van der Waals surface area contributed by atoms with Crippen molar-refractivity contribution in [3.63, 3.8) is 0 Å². The lowest BCUT2D eigenvalue weighted by atomic mass is 9.61. The van der Waals surface area contributed by atoms with E-state index in [1.165, 1.54) is 27.7 Å². The summed E-state index contributed by atoms with van der Waals surface area (Å²) in [5, 5.41) is 0. The molecule has 1 nitrogen and oxygen atoms in total. The summed E-state index contributed by atoms with van der Waals surface area (Å²) in [6.45, 7) is 9.77. The topological polar surface area (TPSA) is 9.23 Å². The van der Waals surface area contributed by atoms with Crippen LogP contribution in [0.5, 0.6) is 0 Å². The highest BCUT2D eigenvalue weighted by molar-refractivity contribution is 6.68. The van der Waals surface area contributed by atoms with Crippen molar-refractivity contribution in [2.75, 3.05) is 0 Å². The van der Waals surface area contributed by atoms with E-state index in [-0.39, 0.29) is 6.92 Å². The van der Waals surface area contributed by atoms with Gasteiger partial charge >= 0.3 is 6.92 Å². The molecule has 68 valence electrons. The molecule has 1 aliphatic rings. The fourth-order valence-electron chi connectivity index (χ4n) is 2.17. The smallest absolute Gasteiger partial charge is 0.324 e. The molecule has 1 aromatic rings. The number of fused-ring (bicyclic) bond motifs is 1. The van der Waals surface area contributed by atoms with Crippen LogP contribution in [0.3, 0.4) is 0 Å². The molecule has 2 heteroatoms. The molecule has 0 saturated carbocycles. The molecule has 0 aromatic heterocycles. The first kappa shape index (κ1) is 8.83. The minimum atomic E-state index is 0.286. The molecule has 0 saturated heterocycles. The predicted molar refractivity (Wildman–Crippen MR) is 56.7 cm³/mol. The van der Waals surface area contributed by atoms with Gasteiger partial charge in [0.15, 0.2) is 0 Å². The Labute approximate surface area is 80.2 Å². The Hall–Kier alpha value is -0.755. The molecule has 0 radical (unpaired) electrons. The first-order valence-corrected chi connectivity index (χ1v) is 4.82. The van der Waals surface area contributed by atoms with Gasteiger partial charge < -0.3 is 4.65 Å². The molecular weight excluding hydrogens is 159 g/mol. The molecule has 0 bridgehead atoms. The van der Waals surface area contributed by atoms with Crippen LogP contribution in [0.1, 0.15) is 22.3 Å². The highest BCUT2D eigenvalue weighted by atomic mass is 16.4. The van der Waals surface area contributed by atoms with E-state index in [1.807, 2.05) is 0 Å². The summed E-state index contributed by atoms with van der Waals surface area (Å²) in [4.78, 5) is 0. The Morgan fingerprint density at radius 2 is 1.92 bits per heavy atom. The van der Waals surface area contributed by atoms with Gasteiger partial charge in [0.25, 0.3) is 0 Å². The van der Waals surface area contributed by atoms with E-state index >= 15 is 0 Å². The van der Waals surface area contributed by atoms with Crippen molar-refractivity contribution in [1.82, 2.24) is 0 Å². The maximum absolute atomic E-state index is 5.61. The van der Waals surface area contributed by atoms with E-state index in [0.29, 0.717) is 0 Å². The van der Waals surface area contributed by atoms with Gasteiger partial charge in [0.1, 0.15) is 0 Å². The van der Waals surface area contributed by atoms with Crippen LogP contribution in [-0.2, 0) is 11.3 Å². The SMILES string of the molecule is CB1OCc2cc(C)c(C)c(C)c21. The summed E-state index contributed by atoms with van der Waals surface area (Å²) < 4.78 is 5.61. The molecule has 1 aromatic carbocycles. The van der Waals surface area contributed by atoms with Gasteiger partial charge in [-0.15, -0.1) is 0 Å². The van der Waals surface area contributed by atoms with Crippen molar-refractivity contribution >= 4 is 12.4 Å². The van der Waals surface area contributed by atoms with Crippen LogP contribution < -0.4 is 5.46 Å². The van der Waals surface area contributed by atoms with Crippen molar-refractivity contribution in [2.24, 2.45) is 0 Å². The Morgan fingerprint density at radius 3 is 2.62 bits per heavy atom. The van der Waals surface area contributed by atoms with Gasteiger partial charge in [0.05, 0.1) is 6.61 Å². The quantitative estimate of drug-likeness (QED) is 0.546. The second-order valence-corrected chi connectivity index (χ2v) is 3.97. The zero-order chi connectivity index (χ0) is 9.59. The fourth-order valence-corrected chi connectivity index (χ4v) is 2.17. The number of hydrogen-bond donors (Lipinski definition) is 0. The second-order valence-electron chi connectivity index (χ2n) is 3.97. The highest BCUT2D eigenvalue weighted by Gasteiger charge is 2.26. The third-order valence-electron chi connectivity index (χ3n) is 3.19. The zero-order valence-electron chi connectivity index (χ0n) is 8.77. The fraction of sp³-hybridized carbons (Fsp3) is 0.455. The molecule has 0 atom stereocenters. The molecule has 0 amide bonds. The zero-order valence-corrected chi connectivity index (χ0v) is 8.77. The van der Waals surface area contributed by atoms with E-state index in [2.05, 4.69) is 33.7 Å². The summed E-state index contributed by atoms with van der Waals surface area (Å²) in [5.41, 5.74) is 7.02. The Bertz CT molecular complexity index is 358. The minimum absolute atomic E-state index is 0.286. The van der Waals surface area contributed by atoms with Crippen LogP contribution >= 0.6 is 0 Å². The lowest BCUT2D eigenvalue weighted by Gasteiger charge is -2.11. The van der Waals surface area contributed by atoms with E-state index in [1.54, 1.807) is 0 Å². The van der Waals surface area contributed by atoms with Crippen LogP contribution in [0, 0.1) is 20.8 Å². The summed E-state index contributed by atoms with van der Waals surface area (Å²) in [7, 11) is 0. The molecule has 0 N–H and O–H groups in total. The standard InChI is InChI=1S/C11H15BO/c1-7-5-10-6-13-12(4)11(10)9(3)8(7)2/h5H,6H2,1-4H3. The summed E-state index contributed by atoms with van der Waals surface area (Å²) in [6, 6.07) is 2.27. The predicted octanol–water partition coefficient (Wildman–Crippen LogP) is 1.97. The lowest BCUT2D eigenvalue weighted by molar-refractivity contribution is 0.333. The Kier molecular flexibility index (Phi) is 1.96. The largest absolute Gasteiger partial charge is 0.427 e. The second kappa shape index (κ2) is 2.88. The van der Waals surface area contributed by atoms with Gasteiger partial charge in [-0.2, -0.15) is 0 Å². The average molecular weight is 174 g/mol. The molecule has 1 aliphatic heterocycles. The Balaban J connectivity index is 2.68. The van der Waals surface area contributed by atoms with Crippen LogP contribution in [0.25, 0.3) is 0 Å². The molecule has 0 aliphatic carbocycles. The summed E-state index contributed by atoms with van der Waals surface area (Å²) in [5.74, 6) is 0. The Morgan fingerprint density at radius 1 is 1.23 bits per heavy atom. The lowest BCUT2D eigenvalue weighted by Crippen LogP contribution is -2.28. The van der Waals surface area contributed by atoms with E-state index in [9.17, 15) is 0 Å². The number of benzene rings is 1. The van der Waals surface area contributed by atoms with Crippen LogP contribution in [0.4, 0.5) is 0 Å². The van der Waals surface area contributed by atoms with Crippen LogP contribution in [0.2, 0.25) is 6.82 Å². The molecular formula is C11H15BO. The van der Waals surface area contributed by atoms with Gasteiger partial charge in [-0.25, -0.2) is 0 Å². The van der Waals surface area contributed by atoms with Crippen molar-refractivity contribution in [3.05, 3.63) is 28.3 Å². The molecule has 2 rings (SSSR count). The number of hydrogen-bond acceptors (Lipinski definition) is 1. The molecule has 0 fully saturated rings. The minimum Gasteiger partial charge on any atom is -0.427 e. The van der Waals surface area contributed by atoms with E-state index < -0.39 is 0 Å². The maximum Gasteiger partial charge on any atom is 0.324 e. The van der Waals surface area contributed by atoms with Gasteiger partial charge in [0, 0.05) is 0 Å². The monoisotopic (exact) mass is 174 g/mol. The summed E-state index contributed by atoms with van der Waals surface area (Å²) in [6.07, 6.45) is 0. The third-order valence-corrected chi connectivity index (χ3v) is 3.19. The van der Waals surface area contributed by atoms with Crippen molar-refractivity contribution < 1.29 is 4.65 Å². The third kappa shape index (κ3) is 1.20.